The Hall–Kier alpha value is -0.310. The minimum absolute atomic E-state index is 0.236. The molecule has 0 bridgehead atoms. The molecule has 0 saturated heterocycles. The van der Waals surface area contributed by atoms with Crippen molar-refractivity contribution in [1.29, 1.82) is 0 Å². The van der Waals surface area contributed by atoms with Gasteiger partial charge in [-0.3, -0.25) is 4.79 Å². The van der Waals surface area contributed by atoms with E-state index in [-0.39, 0.29) is 5.52 Å². The fourth-order valence-electron chi connectivity index (χ4n) is 6.55. The lowest BCUT2D eigenvalue weighted by molar-refractivity contribution is -0.870. The van der Waals surface area contributed by atoms with Crippen LogP contribution in [0.25, 0.3) is 0 Å². The van der Waals surface area contributed by atoms with Crippen molar-refractivity contribution in [3.8, 4) is 0 Å². The molecule has 0 aliphatic carbocycles. The molecule has 0 N–H and O–H groups in total. The van der Waals surface area contributed by atoms with Crippen LogP contribution in [-0.2, 0) is 14.1 Å². The van der Waals surface area contributed by atoms with Gasteiger partial charge in [-0.15, -0.1) is 0 Å². The fourth-order valence-corrected chi connectivity index (χ4v) is 7.11. The van der Waals surface area contributed by atoms with Gasteiger partial charge in [-0.1, -0.05) is 193 Å². The highest BCUT2D eigenvalue weighted by Gasteiger charge is 2.04. The van der Waals surface area contributed by atoms with Crippen molar-refractivity contribution in [3.05, 3.63) is 0 Å². The molecule has 0 aromatic rings. The van der Waals surface area contributed by atoms with E-state index in [0.29, 0.717) is 27.6 Å². The summed E-state index contributed by atoms with van der Waals surface area (Å²) in [5.41, 5.74) is 0.236. The zero-order valence-electron chi connectivity index (χ0n) is 33.3. The predicted octanol–water partition coefficient (Wildman–Crippen LogP) is 14.3. The van der Waals surface area contributed by atoms with Crippen molar-refractivity contribution < 1.29 is 18.6 Å². The third kappa shape index (κ3) is 41.9. The standard InChI is InChI=1S/C43H86NO3P/c1-5-6-7-8-9-10-11-12-16-19-22-25-28-31-34-37-42(45)38-35-32-29-26-23-20-17-14-13-15-18-21-24-27-30-33-36-39-43(46)48-47-41-40-44(2,3)4/h5-41H2,1-4H3. The molecule has 0 rings (SSSR count). The number of rotatable bonds is 41. The van der Waals surface area contributed by atoms with Gasteiger partial charge < -0.3 is 22.6 Å². The first-order valence-corrected chi connectivity index (χ1v) is 22.3. The SMILES string of the molecule is CCCCCCCCCCCCCCCCCC(=O)CCCCCCCCCCCCCCCCCCCC(=O)[P-]OCC[N+](C)(C)C. The number of ketones is 1. The van der Waals surface area contributed by atoms with Crippen molar-refractivity contribution in [2.24, 2.45) is 0 Å². The lowest BCUT2D eigenvalue weighted by Gasteiger charge is -2.26. The van der Waals surface area contributed by atoms with Gasteiger partial charge in [-0.25, -0.2) is 0 Å². The van der Waals surface area contributed by atoms with Gasteiger partial charge in [-0.05, 0) is 25.7 Å². The minimum atomic E-state index is 0.236. The summed E-state index contributed by atoms with van der Waals surface area (Å²) >= 11 is 0. The Kier molecular flexibility index (Phi) is 37.7. The van der Waals surface area contributed by atoms with E-state index in [2.05, 4.69) is 28.1 Å². The van der Waals surface area contributed by atoms with E-state index in [1.54, 1.807) is 0 Å². The topological polar surface area (TPSA) is 43.4 Å². The van der Waals surface area contributed by atoms with Gasteiger partial charge in [-0.2, -0.15) is 0 Å². The molecule has 0 fully saturated rings. The molecule has 48 heavy (non-hydrogen) atoms. The summed E-state index contributed by atoms with van der Waals surface area (Å²) in [4.78, 5) is 24.1. The molecule has 0 saturated carbocycles. The van der Waals surface area contributed by atoms with Gasteiger partial charge >= 0.3 is 0 Å². The van der Waals surface area contributed by atoms with Gasteiger partial charge in [0.15, 0.2) is 0 Å². The van der Waals surface area contributed by atoms with Crippen LogP contribution in [0.15, 0.2) is 0 Å². The van der Waals surface area contributed by atoms with Crippen LogP contribution in [0.5, 0.6) is 0 Å². The summed E-state index contributed by atoms with van der Waals surface area (Å²) in [6.45, 7) is 3.88. The lowest BCUT2D eigenvalue weighted by atomic mass is 10.0. The molecule has 0 amide bonds. The number of unbranched alkanes of at least 4 members (excludes halogenated alkanes) is 30. The predicted molar refractivity (Wildman–Crippen MR) is 213 cm³/mol. The summed E-state index contributed by atoms with van der Waals surface area (Å²) in [5, 5.41) is 0. The van der Waals surface area contributed by atoms with Crippen molar-refractivity contribution >= 4 is 20.1 Å². The molecule has 4 nitrogen and oxygen atoms in total. The number of carbonyl (C=O) groups is 2. The highest BCUT2D eigenvalue weighted by atomic mass is 31.1. The van der Waals surface area contributed by atoms with Gasteiger partial charge in [0.2, 0.25) is 0 Å². The number of hydrogen-bond donors (Lipinski definition) is 0. The molecule has 0 heterocycles. The molecule has 0 atom stereocenters. The average Bonchev–Trinajstić information content (AvgIpc) is 3.05. The van der Waals surface area contributed by atoms with Crippen LogP contribution in [0.3, 0.4) is 0 Å². The normalized spacial score (nSPS) is 12.1. The number of Topliss-reactive ketones (excluding diaryl/α,β-unsaturated/α-hetero) is 1. The molecule has 0 aliphatic rings. The highest BCUT2D eigenvalue weighted by Crippen LogP contribution is 2.20. The van der Waals surface area contributed by atoms with Crippen LogP contribution < -0.4 is 0 Å². The van der Waals surface area contributed by atoms with Crippen molar-refractivity contribution in [3.63, 3.8) is 0 Å². The minimum Gasteiger partial charge on any atom is -0.546 e. The van der Waals surface area contributed by atoms with Gasteiger partial charge in [0.05, 0.1) is 34.3 Å². The number of nitrogens with zero attached hydrogens (tertiary/aromatic N) is 1. The maximum absolute atomic E-state index is 12.2. The van der Waals surface area contributed by atoms with E-state index >= 15 is 0 Å². The molecule has 0 aliphatic heterocycles. The molecule has 286 valence electrons. The van der Waals surface area contributed by atoms with E-state index in [4.69, 9.17) is 4.52 Å². The highest BCUT2D eigenvalue weighted by molar-refractivity contribution is 7.53. The van der Waals surface area contributed by atoms with E-state index in [9.17, 15) is 9.59 Å². The molecule has 5 heteroatoms. The lowest BCUT2D eigenvalue weighted by Crippen LogP contribution is -2.37. The average molecular weight is 696 g/mol. The first kappa shape index (κ1) is 47.7. The Balaban J connectivity index is 3.20. The summed E-state index contributed by atoms with van der Waals surface area (Å²) in [6.07, 6.45) is 45.4. The Morgan fingerprint density at radius 1 is 0.417 bits per heavy atom. The molecule has 0 aromatic heterocycles. The Bertz CT molecular complexity index is 677. The van der Waals surface area contributed by atoms with E-state index in [1.165, 1.54) is 186 Å². The quantitative estimate of drug-likeness (QED) is 0.0363. The maximum atomic E-state index is 12.2. The molecular weight excluding hydrogens is 609 g/mol. The summed E-state index contributed by atoms with van der Waals surface area (Å²) in [7, 11) is 6.97. The largest absolute Gasteiger partial charge is 0.546 e. The number of carbonyl (C=O) groups excluding carboxylic acids is 2. The second-order valence-electron chi connectivity index (χ2n) is 16.1. The summed E-state index contributed by atoms with van der Waals surface area (Å²) < 4.78 is 6.37. The van der Waals surface area contributed by atoms with Crippen LogP contribution >= 0.6 is 8.81 Å². The fraction of sp³-hybridized carbons (Fsp3) is 0.953. The first-order valence-electron chi connectivity index (χ1n) is 21.5. The Morgan fingerprint density at radius 3 is 0.979 bits per heavy atom. The van der Waals surface area contributed by atoms with Gasteiger partial charge in [0, 0.05) is 18.4 Å². The smallest absolute Gasteiger partial charge is 0.132 e. The van der Waals surface area contributed by atoms with Crippen molar-refractivity contribution in [2.45, 2.75) is 232 Å². The Morgan fingerprint density at radius 2 is 0.688 bits per heavy atom. The summed E-state index contributed by atoms with van der Waals surface area (Å²) in [5.74, 6) is 0.515. The second-order valence-corrected chi connectivity index (χ2v) is 17.0. The van der Waals surface area contributed by atoms with Crippen LogP contribution in [0.4, 0.5) is 0 Å². The molecule has 0 aromatic carbocycles. The molecule has 0 radical (unpaired) electrons. The van der Waals surface area contributed by atoms with Crippen LogP contribution in [0.2, 0.25) is 0 Å². The molecule has 0 unspecified atom stereocenters. The number of likely N-dealkylation sites (N-methyl/N-ethyl adjacent to an activating group) is 1. The van der Waals surface area contributed by atoms with E-state index in [0.717, 1.165) is 43.1 Å². The van der Waals surface area contributed by atoms with E-state index in [1.807, 2.05) is 0 Å². The van der Waals surface area contributed by atoms with Crippen LogP contribution in [-0.4, -0.2) is 50.1 Å². The van der Waals surface area contributed by atoms with E-state index < -0.39 is 0 Å². The molecular formula is C43H86NO3P. The Labute approximate surface area is 303 Å². The summed E-state index contributed by atoms with van der Waals surface area (Å²) in [6, 6.07) is 0. The first-order chi connectivity index (χ1) is 23.3. The van der Waals surface area contributed by atoms with Crippen LogP contribution in [0, 0.1) is 0 Å². The number of quaternary nitrogens is 1. The molecule has 0 spiro atoms. The monoisotopic (exact) mass is 696 g/mol. The zero-order valence-corrected chi connectivity index (χ0v) is 34.2. The third-order valence-corrected chi connectivity index (χ3v) is 10.7. The van der Waals surface area contributed by atoms with Crippen molar-refractivity contribution in [2.75, 3.05) is 34.3 Å². The van der Waals surface area contributed by atoms with Gasteiger partial charge in [0.25, 0.3) is 0 Å². The second kappa shape index (κ2) is 37.9. The third-order valence-electron chi connectivity index (χ3n) is 9.93. The van der Waals surface area contributed by atoms with Crippen LogP contribution in [0.1, 0.15) is 232 Å². The van der Waals surface area contributed by atoms with Gasteiger partial charge in [0.1, 0.15) is 5.78 Å². The van der Waals surface area contributed by atoms with Crippen molar-refractivity contribution in [1.82, 2.24) is 0 Å². The maximum Gasteiger partial charge on any atom is 0.132 e. The number of hydrogen-bond acceptors (Lipinski definition) is 3. The zero-order chi connectivity index (χ0) is 35.2.